The van der Waals surface area contributed by atoms with Crippen LogP contribution < -0.4 is 0 Å². The van der Waals surface area contributed by atoms with Crippen molar-refractivity contribution < 1.29 is 0 Å². The summed E-state index contributed by atoms with van der Waals surface area (Å²) in [6.07, 6.45) is 1.65. The van der Waals surface area contributed by atoms with E-state index in [9.17, 15) is 0 Å². The van der Waals surface area contributed by atoms with Gasteiger partial charge in [0.05, 0.1) is 10.9 Å². The molecule has 0 aliphatic carbocycles. The Morgan fingerprint density at radius 2 is 2.06 bits per heavy atom. The van der Waals surface area contributed by atoms with E-state index >= 15 is 0 Å². The monoisotopic (exact) mass is 285 g/mol. The van der Waals surface area contributed by atoms with Crippen LogP contribution in [-0.4, -0.2) is 14.5 Å². The van der Waals surface area contributed by atoms with Gasteiger partial charge in [0, 0.05) is 12.7 Å². The van der Waals surface area contributed by atoms with Gasteiger partial charge in [-0.2, -0.15) is 0 Å². The van der Waals surface area contributed by atoms with Crippen molar-refractivity contribution >= 4 is 34.4 Å². The summed E-state index contributed by atoms with van der Waals surface area (Å²) in [7, 11) is 0. The lowest BCUT2D eigenvalue weighted by Crippen LogP contribution is -2.15. The minimum atomic E-state index is 0.388. The Labute approximate surface area is 117 Å². The number of hydrogen-bond acceptors (Lipinski definition) is 2. The molecule has 0 N–H and O–H groups in total. The SMILES string of the molecule is CC(C)C(C)Cn1c(CCl)nc2cc(Cl)cnc21. The number of hydrogen-bond donors (Lipinski definition) is 0. The third kappa shape index (κ3) is 2.62. The predicted molar refractivity (Wildman–Crippen MR) is 76.1 cm³/mol. The first-order chi connectivity index (χ1) is 8.52. The van der Waals surface area contributed by atoms with Gasteiger partial charge >= 0.3 is 0 Å². The highest BCUT2D eigenvalue weighted by molar-refractivity contribution is 6.31. The summed E-state index contributed by atoms with van der Waals surface area (Å²) in [5.41, 5.74) is 1.68. The summed E-state index contributed by atoms with van der Waals surface area (Å²) in [6, 6.07) is 1.83. The molecule has 0 fully saturated rings. The Kier molecular flexibility index (Phi) is 4.13. The quantitative estimate of drug-likeness (QED) is 0.792. The predicted octanol–water partition coefficient (Wildman–Crippen LogP) is 4.12. The van der Waals surface area contributed by atoms with Gasteiger partial charge < -0.3 is 4.57 Å². The highest BCUT2D eigenvalue weighted by atomic mass is 35.5. The first kappa shape index (κ1) is 13.6. The summed E-state index contributed by atoms with van der Waals surface area (Å²) in [4.78, 5) is 8.86. The summed E-state index contributed by atoms with van der Waals surface area (Å²) in [6.45, 7) is 7.54. The van der Waals surface area contributed by atoms with Crippen LogP contribution in [-0.2, 0) is 12.4 Å². The van der Waals surface area contributed by atoms with Crippen LogP contribution in [0.1, 0.15) is 26.6 Å². The van der Waals surface area contributed by atoms with Gasteiger partial charge in [0.25, 0.3) is 0 Å². The van der Waals surface area contributed by atoms with E-state index in [-0.39, 0.29) is 0 Å². The van der Waals surface area contributed by atoms with Gasteiger partial charge in [-0.3, -0.25) is 0 Å². The van der Waals surface area contributed by atoms with Crippen LogP contribution >= 0.6 is 23.2 Å². The lowest BCUT2D eigenvalue weighted by atomic mass is 9.98. The van der Waals surface area contributed by atoms with E-state index in [0.29, 0.717) is 22.7 Å². The van der Waals surface area contributed by atoms with Crippen LogP contribution in [0.2, 0.25) is 5.02 Å². The zero-order valence-corrected chi connectivity index (χ0v) is 12.3. The molecular formula is C13H17Cl2N3. The number of aromatic nitrogens is 3. The molecule has 2 aromatic heterocycles. The molecule has 2 aromatic rings. The van der Waals surface area contributed by atoms with E-state index in [1.807, 2.05) is 6.07 Å². The first-order valence-electron chi connectivity index (χ1n) is 6.09. The van der Waals surface area contributed by atoms with Crippen LogP contribution in [0.15, 0.2) is 12.3 Å². The molecule has 0 aromatic carbocycles. The number of pyridine rings is 1. The van der Waals surface area contributed by atoms with Crippen LogP contribution in [0, 0.1) is 11.8 Å². The second-order valence-corrected chi connectivity index (χ2v) is 5.69. The Morgan fingerprint density at radius 1 is 1.33 bits per heavy atom. The number of halogens is 2. The van der Waals surface area contributed by atoms with Crippen molar-refractivity contribution in [3.05, 3.63) is 23.1 Å². The second-order valence-electron chi connectivity index (χ2n) is 4.99. The smallest absolute Gasteiger partial charge is 0.160 e. The Hall–Kier alpha value is -0.800. The molecule has 2 heterocycles. The van der Waals surface area contributed by atoms with Gasteiger partial charge in [-0.1, -0.05) is 32.4 Å². The van der Waals surface area contributed by atoms with Crippen molar-refractivity contribution in [2.45, 2.75) is 33.2 Å². The Balaban J connectivity index is 2.47. The lowest BCUT2D eigenvalue weighted by Gasteiger charge is -2.17. The molecule has 5 heteroatoms. The van der Waals surface area contributed by atoms with Gasteiger partial charge in [0.1, 0.15) is 11.3 Å². The highest BCUT2D eigenvalue weighted by Gasteiger charge is 2.15. The average molecular weight is 286 g/mol. The molecular weight excluding hydrogens is 269 g/mol. The molecule has 0 bridgehead atoms. The molecule has 0 amide bonds. The van der Waals surface area contributed by atoms with Gasteiger partial charge in [-0.15, -0.1) is 11.6 Å². The maximum absolute atomic E-state index is 5.96. The third-order valence-electron chi connectivity index (χ3n) is 3.36. The average Bonchev–Trinajstić information content (AvgIpc) is 2.66. The topological polar surface area (TPSA) is 30.7 Å². The normalized spacial score (nSPS) is 13.4. The molecule has 0 saturated carbocycles. The summed E-state index contributed by atoms with van der Waals surface area (Å²) < 4.78 is 2.10. The van der Waals surface area contributed by atoms with Crippen LogP contribution in [0.25, 0.3) is 11.2 Å². The van der Waals surface area contributed by atoms with E-state index in [2.05, 4.69) is 35.3 Å². The molecule has 1 unspecified atom stereocenters. The molecule has 0 aliphatic rings. The van der Waals surface area contributed by atoms with E-state index in [1.165, 1.54) is 0 Å². The van der Waals surface area contributed by atoms with E-state index in [4.69, 9.17) is 23.2 Å². The first-order valence-corrected chi connectivity index (χ1v) is 7.00. The number of fused-ring (bicyclic) bond motifs is 1. The maximum Gasteiger partial charge on any atom is 0.160 e. The number of rotatable bonds is 4. The molecule has 2 rings (SSSR count). The Morgan fingerprint density at radius 3 is 2.67 bits per heavy atom. The van der Waals surface area contributed by atoms with Crippen molar-refractivity contribution in [1.29, 1.82) is 0 Å². The van der Waals surface area contributed by atoms with Crippen LogP contribution in [0.3, 0.4) is 0 Å². The van der Waals surface area contributed by atoms with Crippen molar-refractivity contribution in [2.75, 3.05) is 0 Å². The van der Waals surface area contributed by atoms with E-state index in [1.54, 1.807) is 6.20 Å². The molecule has 0 spiro atoms. The minimum Gasteiger partial charge on any atom is -0.311 e. The second kappa shape index (κ2) is 5.45. The molecule has 18 heavy (non-hydrogen) atoms. The minimum absolute atomic E-state index is 0.388. The molecule has 0 aliphatic heterocycles. The van der Waals surface area contributed by atoms with Crippen LogP contribution in [0.5, 0.6) is 0 Å². The van der Waals surface area contributed by atoms with E-state index < -0.39 is 0 Å². The van der Waals surface area contributed by atoms with Gasteiger partial charge in [-0.05, 0) is 17.9 Å². The maximum atomic E-state index is 5.96. The standard InChI is InChI=1S/C13H17Cl2N3/c1-8(2)9(3)7-18-12(5-14)17-11-4-10(15)6-16-13(11)18/h4,6,8-9H,5,7H2,1-3H3. The van der Waals surface area contributed by atoms with E-state index in [0.717, 1.165) is 23.5 Å². The van der Waals surface area contributed by atoms with Crippen molar-refractivity contribution in [1.82, 2.24) is 14.5 Å². The third-order valence-corrected chi connectivity index (χ3v) is 3.80. The number of nitrogens with zero attached hydrogens (tertiary/aromatic N) is 3. The van der Waals surface area contributed by atoms with Gasteiger partial charge in [0.2, 0.25) is 0 Å². The Bertz CT molecular complexity index is 548. The molecule has 1 atom stereocenters. The molecule has 0 radical (unpaired) electrons. The fourth-order valence-electron chi connectivity index (χ4n) is 1.83. The van der Waals surface area contributed by atoms with Crippen molar-refractivity contribution in [3.63, 3.8) is 0 Å². The molecule has 98 valence electrons. The van der Waals surface area contributed by atoms with Gasteiger partial charge in [-0.25, -0.2) is 9.97 Å². The summed E-state index contributed by atoms with van der Waals surface area (Å²) >= 11 is 11.9. The number of alkyl halides is 1. The fraction of sp³-hybridized carbons (Fsp3) is 0.538. The largest absolute Gasteiger partial charge is 0.311 e. The highest BCUT2D eigenvalue weighted by Crippen LogP contribution is 2.22. The lowest BCUT2D eigenvalue weighted by molar-refractivity contribution is 0.365. The number of imidazole rings is 1. The molecule has 0 saturated heterocycles. The zero-order valence-electron chi connectivity index (χ0n) is 10.8. The van der Waals surface area contributed by atoms with Crippen molar-refractivity contribution in [3.8, 4) is 0 Å². The van der Waals surface area contributed by atoms with Gasteiger partial charge in [0.15, 0.2) is 5.65 Å². The van der Waals surface area contributed by atoms with Crippen LogP contribution in [0.4, 0.5) is 0 Å². The van der Waals surface area contributed by atoms with Crippen molar-refractivity contribution in [2.24, 2.45) is 11.8 Å². The molecule has 3 nitrogen and oxygen atoms in total. The summed E-state index contributed by atoms with van der Waals surface area (Å²) in [5, 5.41) is 0.602. The summed E-state index contributed by atoms with van der Waals surface area (Å²) in [5.74, 6) is 2.40. The zero-order chi connectivity index (χ0) is 13.3. The fourth-order valence-corrected chi connectivity index (χ4v) is 2.18.